The number of carbonyl (C=O) groups excluding carboxylic acids is 1. The van der Waals surface area contributed by atoms with Crippen LogP contribution in [0.4, 0.5) is 5.69 Å². The highest BCUT2D eigenvalue weighted by Crippen LogP contribution is 2.39. The van der Waals surface area contributed by atoms with E-state index in [0.29, 0.717) is 5.92 Å². The quantitative estimate of drug-likeness (QED) is 0.517. The molecule has 0 bridgehead atoms. The number of piperazine rings is 1. The number of hydrogen-bond donors (Lipinski definition) is 0. The zero-order valence-electron chi connectivity index (χ0n) is 20.5. The SMILES string of the molecule is COC(=O)C1CCC(c2nnc(-c3ccc(N4CCN(CC5CCCCC5)CC4)cc3)s2)CC1. The van der Waals surface area contributed by atoms with Gasteiger partial charge in [-0.3, -0.25) is 9.69 Å². The highest BCUT2D eigenvalue weighted by Gasteiger charge is 2.29. The third kappa shape index (κ3) is 5.62. The molecule has 1 aromatic heterocycles. The average Bonchev–Trinajstić information content (AvgIpc) is 3.40. The zero-order valence-corrected chi connectivity index (χ0v) is 21.3. The van der Waals surface area contributed by atoms with Gasteiger partial charge in [-0.2, -0.15) is 0 Å². The Balaban J connectivity index is 1.13. The molecule has 0 spiro atoms. The number of anilines is 1. The van der Waals surface area contributed by atoms with E-state index in [9.17, 15) is 4.79 Å². The standard InChI is InChI=1S/C27H38N4O2S/c1-33-27(32)23-9-7-21(8-10-23)25-28-29-26(34-25)22-11-13-24(14-12-22)31-17-15-30(16-18-31)19-20-5-3-2-4-6-20/h11-14,20-21,23H,2-10,15-19H2,1H3. The summed E-state index contributed by atoms with van der Waals surface area (Å²) in [4.78, 5) is 17.0. The molecule has 5 rings (SSSR count). The molecular formula is C27H38N4O2S. The Morgan fingerprint density at radius 1 is 0.941 bits per heavy atom. The van der Waals surface area contributed by atoms with Gasteiger partial charge in [-0.05, 0) is 68.7 Å². The van der Waals surface area contributed by atoms with E-state index in [4.69, 9.17) is 4.74 Å². The smallest absolute Gasteiger partial charge is 0.308 e. The van der Waals surface area contributed by atoms with E-state index in [-0.39, 0.29) is 11.9 Å². The zero-order chi connectivity index (χ0) is 23.3. The molecule has 3 aliphatic rings. The molecule has 1 aliphatic heterocycles. The Morgan fingerprint density at radius 3 is 2.32 bits per heavy atom. The fourth-order valence-electron chi connectivity index (χ4n) is 6.00. The predicted molar refractivity (Wildman–Crippen MR) is 137 cm³/mol. The van der Waals surface area contributed by atoms with Crippen LogP contribution in [0.3, 0.4) is 0 Å². The van der Waals surface area contributed by atoms with Crippen molar-refractivity contribution < 1.29 is 9.53 Å². The number of benzene rings is 1. The summed E-state index contributed by atoms with van der Waals surface area (Å²) in [6.07, 6.45) is 10.9. The van der Waals surface area contributed by atoms with Crippen LogP contribution in [0.25, 0.3) is 10.6 Å². The summed E-state index contributed by atoms with van der Waals surface area (Å²) >= 11 is 1.71. The number of carbonyl (C=O) groups is 1. The highest BCUT2D eigenvalue weighted by molar-refractivity contribution is 7.14. The molecule has 3 fully saturated rings. The second-order valence-corrected chi connectivity index (χ2v) is 11.4. The van der Waals surface area contributed by atoms with E-state index in [1.165, 1.54) is 64.5 Å². The first kappa shape index (κ1) is 23.7. The number of aromatic nitrogens is 2. The Kier molecular flexibility index (Phi) is 7.80. The fourth-order valence-corrected chi connectivity index (χ4v) is 7.01. The van der Waals surface area contributed by atoms with Crippen LogP contribution in [-0.4, -0.2) is 60.9 Å². The van der Waals surface area contributed by atoms with Crippen LogP contribution < -0.4 is 4.90 Å². The van der Waals surface area contributed by atoms with Crippen molar-refractivity contribution in [2.24, 2.45) is 11.8 Å². The summed E-state index contributed by atoms with van der Waals surface area (Å²) in [5, 5.41) is 11.1. The number of nitrogens with zero attached hydrogens (tertiary/aromatic N) is 4. The molecule has 2 aromatic rings. The second kappa shape index (κ2) is 11.2. The first-order valence-electron chi connectivity index (χ1n) is 13.2. The molecule has 0 amide bonds. The van der Waals surface area contributed by atoms with Crippen molar-refractivity contribution in [3.05, 3.63) is 29.3 Å². The van der Waals surface area contributed by atoms with Crippen LogP contribution in [0.1, 0.15) is 68.7 Å². The van der Waals surface area contributed by atoms with Crippen molar-refractivity contribution in [3.8, 4) is 10.6 Å². The van der Waals surface area contributed by atoms with Gasteiger partial charge in [-0.25, -0.2) is 0 Å². The van der Waals surface area contributed by atoms with Gasteiger partial charge in [0.2, 0.25) is 0 Å². The summed E-state index contributed by atoms with van der Waals surface area (Å²) in [5.74, 6) is 1.33. The van der Waals surface area contributed by atoms with Crippen LogP contribution in [0, 0.1) is 11.8 Å². The van der Waals surface area contributed by atoms with E-state index in [1.54, 1.807) is 11.3 Å². The summed E-state index contributed by atoms with van der Waals surface area (Å²) in [6.45, 7) is 5.88. The van der Waals surface area contributed by atoms with Crippen molar-refractivity contribution in [3.63, 3.8) is 0 Å². The van der Waals surface area contributed by atoms with Gasteiger partial charge in [-0.1, -0.05) is 30.6 Å². The Hall–Kier alpha value is -1.99. The maximum absolute atomic E-state index is 11.8. The van der Waals surface area contributed by atoms with Gasteiger partial charge >= 0.3 is 5.97 Å². The molecule has 2 heterocycles. The number of rotatable bonds is 6. The van der Waals surface area contributed by atoms with Crippen LogP contribution in [0.15, 0.2) is 24.3 Å². The summed E-state index contributed by atoms with van der Waals surface area (Å²) < 4.78 is 4.91. The molecule has 34 heavy (non-hydrogen) atoms. The predicted octanol–water partition coefficient (Wildman–Crippen LogP) is 5.35. The monoisotopic (exact) mass is 482 g/mol. The van der Waals surface area contributed by atoms with Gasteiger partial charge in [0.05, 0.1) is 13.0 Å². The van der Waals surface area contributed by atoms with Crippen LogP contribution in [0.2, 0.25) is 0 Å². The molecule has 0 N–H and O–H groups in total. The van der Waals surface area contributed by atoms with Crippen LogP contribution in [-0.2, 0) is 9.53 Å². The van der Waals surface area contributed by atoms with Crippen LogP contribution in [0.5, 0.6) is 0 Å². The Bertz CT molecular complexity index is 924. The van der Waals surface area contributed by atoms with E-state index < -0.39 is 0 Å². The van der Waals surface area contributed by atoms with Crippen molar-refractivity contribution in [1.82, 2.24) is 15.1 Å². The molecule has 6 nitrogen and oxygen atoms in total. The van der Waals surface area contributed by atoms with Gasteiger partial charge in [-0.15, -0.1) is 10.2 Å². The largest absolute Gasteiger partial charge is 0.469 e. The molecule has 0 unspecified atom stereocenters. The normalized spacial score (nSPS) is 24.8. The van der Waals surface area contributed by atoms with Gasteiger partial charge < -0.3 is 9.64 Å². The number of hydrogen-bond acceptors (Lipinski definition) is 7. The maximum atomic E-state index is 11.8. The van der Waals surface area contributed by atoms with E-state index in [2.05, 4.69) is 44.3 Å². The van der Waals surface area contributed by atoms with Crippen LogP contribution >= 0.6 is 11.3 Å². The van der Waals surface area contributed by atoms with Crippen molar-refractivity contribution in [2.45, 2.75) is 63.7 Å². The second-order valence-electron chi connectivity index (χ2n) is 10.4. The first-order valence-corrected chi connectivity index (χ1v) is 14.0. The topological polar surface area (TPSA) is 58.6 Å². The molecule has 7 heteroatoms. The number of esters is 1. The molecule has 0 atom stereocenters. The van der Waals surface area contributed by atoms with Crippen molar-refractivity contribution >= 4 is 23.0 Å². The van der Waals surface area contributed by atoms with Crippen molar-refractivity contribution in [2.75, 3.05) is 44.7 Å². The molecular weight excluding hydrogens is 444 g/mol. The lowest BCUT2D eigenvalue weighted by molar-refractivity contribution is -0.146. The average molecular weight is 483 g/mol. The highest BCUT2D eigenvalue weighted by atomic mass is 32.1. The fraction of sp³-hybridized carbons (Fsp3) is 0.667. The maximum Gasteiger partial charge on any atom is 0.308 e. The lowest BCUT2D eigenvalue weighted by atomic mass is 9.82. The number of ether oxygens (including phenoxy) is 1. The minimum atomic E-state index is -0.0675. The molecule has 184 valence electrons. The van der Waals surface area contributed by atoms with E-state index in [1.807, 2.05) is 0 Å². The molecule has 1 aromatic carbocycles. The minimum absolute atomic E-state index is 0.0512. The first-order chi connectivity index (χ1) is 16.7. The van der Waals surface area contributed by atoms with Gasteiger partial charge in [0.1, 0.15) is 10.0 Å². The van der Waals surface area contributed by atoms with E-state index in [0.717, 1.165) is 60.3 Å². The summed E-state index contributed by atoms with van der Waals surface area (Å²) in [5.41, 5.74) is 2.46. The third-order valence-electron chi connectivity index (χ3n) is 8.14. The van der Waals surface area contributed by atoms with Gasteiger partial charge in [0, 0.05) is 49.9 Å². The van der Waals surface area contributed by atoms with Gasteiger partial charge in [0.15, 0.2) is 0 Å². The molecule has 2 saturated carbocycles. The molecule has 2 aliphatic carbocycles. The Morgan fingerprint density at radius 2 is 1.65 bits per heavy atom. The summed E-state index contributed by atoms with van der Waals surface area (Å²) in [6, 6.07) is 8.88. The summed E-state index contributed by atoms with van der Waals surface area (Å²) in [7, 11) is 1.48. The van der Waals surface area contributed by atoms with Gasteiger partial charge in [0.25, 0.3) is 0 Å². The lowest BCUT2D eigenvalue weighted by Crippen LogP contribution is -2.48. The lowest BCUT2D eigenvalue weighted by Gasteiger charge is -2.38. The van der Waals surface area contributed by atoms with Crippen molar-refractivity contribution in [1.29, 1.82) is 0 Å². The Labute approximate surface area is 207 Å². The number of methoxy groups -OCH3 is 1. The molecule has 0 radical (unpaired) electrons. The molecule has 1 saturated heterocycles. The van der Waals surface area contributed by atoms with E-state index >= 15 is 0 Å². The minimum Gasteiger partial charge on any atom is -0.469 e. The third-order valence-corrected chi connectivity index (χ3v) is 9.28.